The molecule has 1 atom stereocenters. The van der Waals surface area contributed by atoms with Gasteiger partial charge < -0.3 is 4.42 Å². The molecule has 0 aromatic carbocycles. The molecular formula is C15H20O2. The summed E-state index contributed by atoms with van der Waals surface area (Å²) in [4.78, 5) is 11.7. The molecule has 0 radical (unpaired) electrons. The van der Waals surface area contributed by atoms with Gasteiger partial charge in [-0.3, -0.25) is 4.79 Å². The number of ketones is 1. The molecule has 92 valence electrons. The zero-order chi connectivity index (χ0) is 12.6. The van der Waals surface area contributed by atoms with E-state index >= 15 is 0 Å². The smallest absolute Gasteiger partial charge is 0.156 e. The highest BCUT2D eigenvalue weighted by Gasteiger charge is 2.29. The van der Waals surface area contributed by atoms with Gasteiger partial charge in [-0.1, -0.05) is 20.8 Å². The molecule has 0 spiro atoms. The van der Waals surface area contributed by atoms with Crippen molar-refractivity contribution in [1.82, 2.24) is 0 Å². The van der Waals surface area contributed by atoms with Crippen molar-refractivity contribution in [2.45, 2.75) is 46.5 Å². The summed E-state index contributed by atoms with van der Waals surface area (Å²) in [5.41, 5.74) is 3.33. The van der Waals surface area contributed by atoms with E-state index in [-0.39, 0.29) is 5.78 Å². The van der Waals surface area contributed by atoms with Gasteiger partial charge in [0.05, 0.1) is 6.26 Å². The first kappa shape index (κ1) is 12.2. The summed E-state index contributed by atoms with van der Waals surface area (Å²) in [6.45, 7) is 8.15. The predicted octanol–water partition coefficient (Wildman–Crippen LogP) is 4.18. The van der Waals surface area contributed by atoms with E-state index in [0.29, 0.717) is 11.8 Å². The highest BCUT2D eigenvalue weighted by atomic mass is 16.3. The molecule has 17 heavy (non-hydrogen) atoms. The summed E-state index contributed by atoms with van der Waals surface area (Å²) >= 11 is 0. The van der Waals surface area contributed by atoms with Gasteiger partial charge in [0.15, 0.2) is 5.78 Å². The molecule has 0 bridgehead atoms. The lowest BCUT2D eigenvalue weighted by Crippen LogP contribution is -2.01. The Bertz CT molecular complexity index is 463. The molecule has 1 aliphatic rings. The maximum absolute atomic E-state index is 11.7. The maximum Gasteiger partial charge on any atom is 0.156 e. The largest absolute Gasteiger partial charge is 0.464 e. The number of hydrogen-bond donors (Lipinski definition) is 0. The number of rotatable bonds is 3. The fourth-order valence-corrected chi connectivity index (χ4v) is 2.66. The number of allylic oxidation sites excluding steroid dienone is 2. The monoisotopic (exact) mass is 232 g/mol. The lowest BCUT2D eigenvalue weighted by atomic mass is 9.93. The highest BCUT2D eigenvalue weighted by Crippen LogP contribution is 2.41. The molecule has 0 saturated carbocycles. The third-order valence-corrected chi connectivity index (χ3v) is 3.63. The van der Waals surface area contributed by atoms with Crippen LogP contribution in [0.4, 0.5) is 0 Å². The molecule has 2 heteroatoms. The number of Topliss-reactive ketones (excluding diaryl/α,β-unsaturated/α-hetero) is 1. The first-order chi connectivity index (χ1) is 8.02. The van der Waals surface area contributed by atoms with Crippen molar-refractivity contribution in [3.8, 4) is 0 Å². The van der Waals surface area contributed by atoms with Crippen LogP contribution in [-0.2, 0) is 4.79 Å². The van der Waals surface area contributed by atoms with Crippen molar-refractivity contribution >= 4 is 11.4 Å². The number of hydrogen-bond acceptors (Lipinski definition) is 2. The molecule has 1 aromatic rings. The van der Waals surface area contributed by atoms with E-state index in [1.165, 1.54) is 5.56 Å². The van der Waals surface area contributed by atoms with Crippen molar-refractivity contribution in [3.63, 3.8) is 0 Å². The van der Waals surface area contributed by atoms with E-state index in [1.807, 2.05) is 6.07 Å². The van der Waals surface area contributed by atoms with E-state index in [9.17, 15) is 4.79 Å². The molecule has 0 N–H and O–H groups in total. The SMILES string of the molecule is CC(=O)C1=C(c2occc2C(C)C)[C@@H](C)CC1. The Morgan fingerprint density at radius 2 is 2.18 bits per heavy atom. The van der Waals surface area contributed by atoms with E-state index in [4.69, 9.17) is 4.42 Å². The van der Waals surface area contributed by atoms with Crippen LogP contribution in [0.25, 0.3) is 5.57 Å². The van der Waals surface area contributed by atoms with Crippen LogP contribution < -0.4 is 0 Å². The van der Waals surface area contributed by atoms with Crippen LogP contribution >= 0.6 is 0 Å². The van der Waals surface area contributed by atoms with Crippen molar-refractivity contribution in [3.05, 3.63) is 29.2 Å². The molecule has 1 aliphatic carbocycles. The minimum atomic E-state index is 0.190. The Morgan fingerprint density at radius 1 is 1.47 bits per heavy atom. The summed E-state index contributed by atoms with van der Waals surface area (Å²) in [5.74, 6) is 1.99. The van der Waals surface area contributed by atoms with E-state index < -0.39 is 0 Å². The normalized spacial score (nSPS) is 20.4. The Hall–Kier alpha value is -1.31. The van der Waals surface area contributed by atoms with E-state index in [0.717, 1.165) is 29.7 Å². The van der Waals surface area contributed by atoms with Crippen LogP contribution in [0.15, 0.2) is 22.3 Å². The first-order valence-electron chi connectivity index (χ1n) is 6.34. The van der Waals surface area contributed by atoms with Crippen LogP contribution in [0, 0.1) is 5.92 Å². The number of furan rings is 1. The van der Waals surface area contributed by atoms with Gasteiger partial charge in [-0.25, -0.2) is 0 Å². The van der Waals surface area contributed by atoms with Crippen LogP contribution in [0.3, 0.4) is 0 Å². The molecule has 1 heterocycles. The quantitative estimate of drug-likeness (QED) is 0.782. The second-order valence-electron chi connectivity index (χ2n) is 5.25. The molecular weight excluding hydrogens is 212 g/mol. The second-order valence-corrected chi connectivity index (χ2v) is 5.25. The van der Waals surface area contributed by atoms with Gasteiger partial charge in [0, 0.05) is 16.7 Å². The van der Waals surface area contributed by atoms with Gasteiger partial charge >= 0.3 is 0 Å². The summed E-state index contributed by atoms with van der Waals surface area (Å²) in [5, 5.41) is 0. The second kappa shape index (κ2) is 4.52. The van der Waals surface area contributed by atoms with Crippen molar-refractivity contribution in [2.24, 2.45) is 5.92 Å². The first-order valence-corrected chi connectivity index (χ1v) is 6.34. The maximum atomic E-state index is 11.7. The molecule has 2 nitrogen and oxygen atoms in total. The minimum Gasteiger partial charge on any atom is -0.464 e. The molecule has 1 aromatic heterocycles. The van der Waals surface area contributed by atoms with Gasteiger partial charge in [-0.2, -0.15) is 0 Å². The van der Waals surface area contributed by atoms with Gasteiger partial charge in [0.1, 0.15) is 5.76 Å². The van der Waals surface area contributed by atoms with Crippen LogP contribution in [0.5, 0.6) is 0 Å². The number of carbonyl (C=O) groups excluding carboxylic acids is 1. The molecule has 0 aliphatic heterocycles. The summed E-state index contributed by atoms with van der Waals surface area (Å²) in [7, 11) is 0. The lowest BCUT2D eigenvalue weighted by molar-refractivity contribution is -0.113. The Labute approximate surface area is 103 Å². The van der Waals surface area contributed by atoms with E-state index in [2.05, 4.69) is 20.8 Å². The fourth-order valence-electron chi connectivity index (χ4n) is 2.66. The van der Waals surface area contributed by atoms with Crippen LogP contribution in [-0.4, -0.2) is 5.78 Å². The standard InChI is InChI=1S/C15H20O2/c1-9(2)12-7-8-17-15(12)14-10(3)5-6-13(14)11(4)16/h7-10H,5-6H2,1-4H3/t10-/m0/s1. The summed E-state index contributed by atoms with van der Waals surface area (Å²) in [6.07, 6.45) is 3.69. The molecule has 0 fully saturated rings. The fraction of sp³-hybridized carbons (Fsp3) is 0.533. The van der Waals surface area contributed by atoms with Crippen molar-refractivity contribution in [2.75, 3.05) is 0 Å². The Kier molecular flexibility index (Phi) is 3.23. The Morgan fingerprint density at radius 3 is 2.76 bits per heavy atom. The van der Waals surface area contributed by atoms with Gasteiger partial charge in [0.25, 0.3) is 0 Å². The third kappa shape index (κ3) is 2.08. The summed E-state index contributed by atoms with van der Waals surface area (Å²) in [6, 6.07) is 2.02. The molecule has 0 amide bonds. The molecule has 2 rings (SSSR count). The third-order valence-electron chi connectivity index (χ3n) is 3.63. The molecule has 0 unspecified atom stereocenters. The zero-order valence-corrected chi connectivity index (χ0v) is 11.0. The van der Waals surface area contributed by atoms with Crippen molar-refractivity contribution in [1.29, 1.82) is 0 Å². The van der Waals surface area contributed by atoms with Crippen LogP contribution in [0.1, 0.15) is 57.8 Å². The average Bonchev–Trinajstić information content (AvgIpc) is 2.82. The topological polar surface area (TPSA) is 30.2 Å². The molecule has 0 saturated heterocycles. The summed E-state index contributed by atoms with van der Waals surface area (Å²) < 4.78 is 5.65. The van der Waals surface area contributed by atoms with Gasteiger partial charge in [-0.15, -0.1) is 0 Å². The lowest BCUT2D eigenvalue weighted by Gasteiger charge is -2.12. The predicted molar refractivity (Wildman–Crippen MR) is 68.8 cm³/mol. The minimum absolute atomic E-state index is 0.190. The van der Waals surface area contributed by atoms with Gasteiger partial charge in [-0.05, 0) is 37.7 Å². The Balaban J connectivity index is 2.53. The van der Waals surface area contributed by atoms with E-state index in [1.54, 1.807) is 13.2 Å². The zero-order valence-electron chi connectivity index (χ0n) is 11.0. The van der Waals surface area contributed by atoms with Crippen molar-refractivity contribution < 1.29 is 9.21 Å². The average molecular weight is 232 g/mol. The number of carbonyl (C=O) groups is 1. The van der Waals surface area contributed by atoms with Crippen LogP contribution in [0.2, 0.25) is 0 Å². The van der Waals surface area contributed by atoms with Gasteiger partial charge in [0.2, 0.25) is 0 Å². The highest BCUT2D eigenvalue weighted by molar-refractivity contribution is 6.02.